The van der Waals surface area contributed by atoms with Crippen LogP contribution in [0.25, 0.3) is 39.0 Å². The van der Waals surface area contributed by atoms with Crippen LogP contribution in [0.2, 0.25) is 0 Å². The van der Waals surface area contributed by atoms with E-state index in [4.69, 9.17) is 20.4 Å². The topological polar surface area (TPSA) is 149 Å². The van der Waals surface area contributed by atoms with Crippen molar-refractivity contribution >= 4 is 45.4 Å². The average Bonchev–Trinajstić information content (AvgIpc) is 3.42. The summed E-state index contributed by atoms with van der Waals surface area (Å²) in [5.74, 6) is -1.85. The van der Waals surface area contributed by atoms with E-state index in [1.54, 1.807) is 18.2 Å². The zero-order valence-corrected chi connectivity index (χ0v) is 22.9. The van der Waals surface area contributed by atoms with Crippen molar-refractivity contribution in [3.05, 3.63) is 108 Å². The molecule has 0 radical (unpaired) electrons. The molecule has 214 valence electrons. The van der Waals surface area contributed by atoms with Crippen molar-refractivity contribution in [2.75, 3.05) is 0 Å². The molecule has 43 heavy (non-hydrogen) atoms. The third kappa shape index (κ3) is 5.58. The Bertz CT molecular complexity index is 2000. The lowest BCUT2D eigenvalue weighted by atomic mass is 10.1. The predicted octanol–water partition coefficient (Wildman–Crippen LogP) is 4.52. The van der Waals surface area contributed by atoms with E-state index in [0.29, 0.717) is 22.6 Å². The fourth-order valence-corrected chi connectivity index (χ4v) is 5.00. The lowest BCUT2D eigenvalue weighted by molar-refractivity contribution is -0.147. The van der Waals surface area contributed by atoms with Gasteiger partial charge in [-0.15, -0.1) is 0 Å². The van der Waals surface area contributed by atoms with Gasteiger partial charge in [0.05, 0.1) is 22.1 Å². The van der Waals surface area contributed by atoms with Crippen LogP contribution in [0.4, 0.5) is 0 Å². The van der Waals surface area contributed by atoms with E-state index in [1.165, 1.54) is 12.1 Å². The van der Waals surface area contributed by atoms with E-state index >= 15 is 0 Å². The van der Waals surface area contributed by atoms with Crippen molar-refractivity contribution in [3.63, 3.8) is 0 Å². The van der Waals surface area contributed by atoms with E-state index in [9.17, 15) is 19.5 Å². The summed E-state index contributed by atoms with van der Waals surface area (Å²) < 4.78 is 7.33. The fourth-order valence-electron chi connectivity index (χ4n) is 5.00. The van der Waals surface area contributed by atoms with E-state index in [1.807, 2.05) is 71.1 Å². The molecule has 0 aliphatic carbocycles. The van der Waals surface area contributed by atoms with Gasteiger partial charge in [0.2, 0.25) is 5.91 Å². The van der Waals surface area contributed by atoms with Crippen LogP contribution in [0.1, 0.15) is 28.8 Å². The number of carbonyl (C=O) groups is 3. The van der Waals surface area contributed by atoms with Gasteiger partial charge in [-0.3, -0.25) is 14.0 Å². The highest BCUT2D eigenvalue weighted by Crippen LogP contribution is 2.31. The van der Waals surface area contributed by atoms with Crippen LogP contribution in [-0.4, -0.2) is 43.3 Å². The smallest absolute Gasteiger partial charge is 0.328 e. The number of para-hydroxylation sites is 3. The summed E-state index contributed by atoms with van der Waals surface area (Å²) in [5.41, 5.74) is 9.58. The SMILES string of the molecule is NC(=O)CC[C@H](NC(=O)c1cc(-c2nc3ccccc3c3nc4ccccc4n23)ccc1O)C(=O)OCc1ccccc1. The lowest BCUT2D eigenvalue weighted by Crippen LogP contribution is -2.42. The second kappa shape index (κ2) is 11.6. The second-order valence-corrected chi connectivity index (χ2v) is 10.1. The van der Waals surface area contributed by atoms with Gasteiger partial charge in [-0.05, 0) is 54.4 Å². The number of nitrogens with one attached hydrogen (secondary N) is 1. The van der Waals surface area contributed by atoms with Gasteiger partial charge in [0.25, 0.3) is 5.91 Å². The normalized spacial score (nSPS) is 11.9. The Hall–Kier alpha value is -5.77. The molecule has 2 aromatic heterocycles. The number of aromatic nitrogens is 3. The van der Waals surface area contributed by atoms with Gasteiger partial charge in [0.15, 0.2) is 0 Å². The number of hydrogen-bond donors (Lipinski definition) is 3. The predicted molar refractivity (Wildman–Crippen MR) is 161 cm³/mol. The van der Waals surface area contributed by atoms with Crippen LogP contribution >= 0.6 is 0 Å². The molecule has 0 bridgehead atoms. The first-order chi connectivity index (χ1) is 20.9. The highest BCUT2D eigenvalue weighted by Gasteiger charge is 2.26. The number of aromatic hydroxyl groups is 1. The van der Waals surface area contributed by atoms with Crippen molar-refractivity contribution in [2.24, 2.45) is 5.73 Å². The van der Waals surface area contributed by atoms with E-state index < -0.39 is 23.8 Å². The van der Waals surface area contributed by atoms with Crippen molar-refractivity contribution < 1.29 is 24.2 Å². The molecule has 0 spiro atoms. The Kier molecular flexibility index (Phi) is 7.40. The summed E-state index contributed by atoms with van der Waals surface area (Å²) >= 11 is 0. The molecule has 0 unspecified atom stereocenters. The van der Waals surface area contributed by atoms with Crippen molar-refractivity contribution in [1.82, 2.24) is 19.7 Å². The number of primary amides is 1. The Morgan fingerprint density at radius 2 is 1.60 bits per heavy atom. The monoisotopic (exact) mass is 573 g/mol. The Morgan fingerprint density at radius 3 is 2.40 bits per heavy atom. The van der Waals surface area contributed by atoms with E-state index in [2.05, 4.69) is 5.32 Å². The summed E-state index contributed by atoms with van der Waals surface area (Å²) in [5, 5.41) is 14.2. The molecule has 1 atom stereocenters. The van der Waals surface area contributed by atoms with Crippen LogP contribution < -0.4 is 11.1 Å². The Balaban J connectivity index is 1.35. The summed E-state index contributed by atoms with van der Waals surface area (Å²) in [6.07, 6.45) is -0.215. The molecule has 6 rings (SSSR count). The van der Waals surface area contributed by atoms with E-state index in [-0.39, 0.29) is 30.8 Å². The largest absolute Gasteiger partial charge is 0.507 e. The molecule has 6 aromatic rings. The minimum Gasteiger partial charge on any atom is -0.507 e. The molecular weight excluding hydrogens is 546 g/mol. The number of benzene rings is 4. The summed E-state index contributed by atoms with van der Waals surface area (Å²) in [6.45, 7) is -0.00809. The Labute approximate surface area is 245 Å². The molecule has 10 heteroatoms. The molecule has 2 heterocycles. The molecule has 0 aliphatic heterocycles. The highest BCUT2D eigenvalue weighted by atomic mass is 16.5. The van der Waals surface area contributed by atoms with Gasteiger partial charge >= 0.3 is 5.97 Å². The number of ether oxygens (including phenoxy) is 1. The van der Waals surface area contributed by atoms with Gasteiger partial charge in [-0.1, -0.05) is 54.6 Å². The maximum absolute atomic E-state index is 13.5. The minimum atomic E-state index is -1.17. The lowest BCUT2D eigenvalue weighted by Gasteiger charge is -2.18. The molecule has 4 aromatic carbocycles. The minimum absolute atomic E-state index is 0.00809. The third-order valence-corrected chi connectivity index (χ3v) is 7.14. The standard InChI is InChI=1S/C33H27N5O5/c34-29(40)17-15-26(33(42)43-19-20-8-2-1-3-9-20)37-32(41)23-18-21(14-16-28(23)39)30-35-24-11-5-4-10-22(24)31-36-25-12-6-7-13-27(25)38(30)31/h1-14,16,18,26,39H,15,17,19H2,(H2,34,40)(H,37,41)/t26-/m0/s1. The maximum atomic E-state index is 13.5. The molecule has 0 saturated carbocycles. The van der Waals surface area contributed by atoms with Crippen LogP contribution in [-0.2, 0) is 20.9 Å². The number of rotatable bonds is 9. The van der Waals surface area contributed by atoms with Crippen LogP contribution in [0.15, 0.2) is 97.1 Å². The molecule has 10 nitrogen and oxygen atoms in total. The molecule has 0 saturated heterocycles. The Morgan fingerprint density at radius 1 is 0.884 bits per heavy atom. The van der Waals surface area contributed by atoms with Crippen molar-refractivity contribution in [2.45, 2.75) is 25.5 Å². The first kappa shape index (κ1) is 27.4. The number of carbonyl (C=O) groups excluding carboxylic acids is 3. The summed E-state index contributed by atoms with van der Waals surface area (Å²) in [6, 6.07) is 27.8. The van der Waals surface area contributed by atoms with Crippen molar-refractivity contribution in [1.29, 1.82) is 0 Å². The van der Waals surface area contributed by atoms with Crippen LogP contribution in [0, 0.1) is 0 Å². The van der Waals surface area contributed by atoms with Gasteiger partial charge in [-0.25, -0.2) is 14.8 Å². The zero-order valence-electron chi connectivity index (χ0n) is 22.9. The van der Waals surface area contributed by atoms with E-state index in [0.717, 1.165) is 22.0 Å². The number of amides is 2. The van der Waals surface area contributed by atoms with Gasteiger partial charge in [0.1, 0.15) is 29.9 Å². The molecule has 0 aliphatic rings. The number of esters is 1. The quantitative estimate of drug-likeness (QED) is 0.215. The summed E-state index contributed by atoms with van der Waals surface area (Å²) in [7, 11) is 0. The number of hydrogen-bond acceptors (Lipinski definition) is 7. The number of nitrogens with zero attached hydrogens (tertiary/aromatic N) is 3. The first-order valence-electron chi connectivity index (χ1n) is 13.7. The molecule has 2 amide bonds. The fraction of sp³-hybridized carbons (Fsp3) is 0.121. The number of phenolic OH excluding ortho intramolecular Hbond substituents is 1. The second-order valence-electron chi connectivity index (χ2n) is 10.1. The first-order valence-corrected chi connectivity index (χ1v) is 13.7. The summed E-state index contributed by atoms with van der Waals surface area (Å²) in [4.78, 5) is 47.7. The van der Waals surface area contributed by atoms with Crippen LogP contribution in [0.5, 0.6) is 5.75 Å². The number of phenols is 1. The van der Waals surface area contributed by atoms with Crippen LogP contribution in [0.3, 0.4) is 0 Å². The molecule has 4 N–H and O–H groups in total. The average molecular weight is 574 g/mol. The number of imidazole rings is 1. The number of fused-ring (bicyclic) bond motifs is 5. The zero-order chi connectivity index (χ0) is 29.9. The third-order valence-electron chi connectivity index (χ3n) is 7.14. The van der Waals surface area contributed by atoms with Crippen molar-refractivity contribution in [3.8, 4) is 17.1 Å². The molecule has 0 fully saturated rings. The highest BCUT2D eigenvalue weighted by molar-refractivity contribution is 6.01. The van der Waals surface area contributed by atoms with Gasteiger partial charge in [0, 0.05) is 17.4 Å². The van der Waals surface area contributed by atoms with Gasteiger partial charge in [-0.2, -0.15) is 0 Å². The maximum Gasteiger partial charge on any atom is 0.328 e. The van der Waals surface area contributed by atoms with Gasteiger partial charge < -0.3 is 20.9 Å². The number of nitrogens with two attached hydrogens (primary N) is 1. The molecular formula is C33H27N5O5.